The number of hydrogen-bond acceptors (Lipinski definition) is 5. The van der Waals surface area contributed by atoms with Gasteiger partial charge in [-0.1, -0.05) is 17.4 Å². The largest absolute Gasteiger partial charge is 0.375 e. The summed E-state index contributed by atoms with van der Waals surface area (Å²) in [6.45, 7) is 2.38. The number of pyridine rings is 1. The number of benzene rings is 1. The molecule has 3 aromatic rings. The second-order valence-electron chi connectivity index (χ2n) is 4.73. The summed E-state index contributed by atoms with van der Waals surface area (Å²) >= 11 is 1.38. The van der Waals surface area contributed by atoms with Gasteiger partial charge in [0.2, 0.25) is 0 Å². The quantitative estimate of drug-likeness (QED) is 0.778. The molecule has 0 aliphatic heterocycles. The predicted octanol–water partition coefficient (Wildman–Crippen LogP) is 2.51. The summed E-state index contributed by atoms with van der Waals surface area (Å²) in [6.07, 6.45) is 1.77. The number of nitrogens with zero attached hydrogens (tertiary/aromatic N) is 2. The Labute approximate surface area is 125 Å². The topological polar surface area (TPSA) is 80.9 Å². The van der Waals surface area contributed by atoms with Crippen molar-refractivity contribution in [3.8, 4) is 0 Å². The summed E-state index contributed by atoms with van der Waals surface area (Å²) < 4.78 is 0.914. The molecule has 5 nitrogen and oxygen atoms in total. The Balaban J connectivity index is 1.72. The van der Waals surface area contributed by atoms with Crippen LogP contribution in [0.15, 0.2) is 36.5 Å². The van der Waals surface area contributed by atoms with Gasteiger partial charge in [-0.15, -0.1) is 0 Å². The Morgan fingerprint density at radius 2 is 2.19 bits per heavy atom. The molecule has 0 aliphatic carbocycles. The zero-order valence-corrected chi connectivity index (χ0v) is 12.3. The Hall–Kier alpha value is -2.47. The maximum atomic E-state index is 12.2. The highest BCUT2D eigenvalue weighted by atomic mass is 32.1. The van der Waals surface area contributed by atoms with Crippen LogP contribution in [0.5, 0.6) is 0 Å². The van der Waals surface area contributed by atoms with E-state index in [2.05, 4.69) is 15.3 Å². The molecule has 0 saturated carbocycles. The van der Waals surface area contributed by atoms with Crippen molar-refractivity contribution in [1.82, 2.24) is 15.3 Å². The lowest BCUT2D eigenvalue weighted by Gasteiger charge is -2.05. The standard InChI is InChI=1S/C15H14N4OS/c1-9-2-3-10(7-17-9)8-18-14(20)11-4-5-12-13(6-11)21-15(16)19-12/h2-7H,8H2,1H3,(H2,16,19)(H,18,20). The number of nitrogens with one attached hydrogen (secondary N) is 1. The lowest BCUT2D eigenvalue weighted by Crippen LogP contribution is -2.22. The van der Waals surface area contributed by atoms with Crippen molar-refractivity contribution in [1.29, 1.82) is 0 Å². The summed E-state index contributed by atoms with van der Waals surface area (Å²) in [4.78, 5) is 20.5. The number of hydrogen-bond donors (Lipinski definition) is 2. The number of nitrogen functional groups attached to an aromatic ring is 1. The van der Waals surface area contributed by atoms with Crippen molar-refractivity contribution in [2.24, 2.45) is 0 Å². The average molecular weight is 298 g/mol. The molecule has 0 aliphatic rings. The highest BCUT2D eigenvalue weighted by Gasteiger charge is 2.08. The Morgan fingerprint density at radius 3 is 2.95 bits per heavy atom. The summed E-state index contributed by atoms with van der Waals surface area (Å²) in [5, 5.41) is 3.39. The molecule has 21 heavy (non-hydrogen) atoms. The Kier molecular flexibility index (Phi) is 3.53. The van der Waals surface area contributed by atoms with Gasteiger partial charge < -0.3 is 11.1 Å². The molecule has 106 valence electrons. The van der Waals surface area contributed by atoms with Crippen LogP contribution in [0.4, 0.5) is 5.13 Å². The second-order valence-corrected chi connectivity index (χ2v) is 5.79. The number of fused-ring (bicyclic) bond motifs is 1. The van der Waals surface area contributed by atoms with Gasteiger partial charge in [-0.2, -0.15) is 0 Å². The highest BCUT2D eigenvalue weighted by molar-refractivity contribution is 7.22. The van der Waals surface area contributed by atoms with Crippen LogP contribution in [0, 0.1) is 6.92 Å². The molecule has 0 bridgehead atoms. The minimum Gasteiger partial charge on any atom is -0.375 e. The number of rotatable bonds is 3. The molecular formula is C15H14N4OS. The van der Waals surface area contributed by atoms with Crippen LogP contribution in [-0.4, -0.2) is 15.9 Å². The van der Waals surface area contributed by atoms with E-state index in [0.29, 0.717) is 17.2 Å². The van der Waals surface area contributed by atoms with Gasteiger partial charge in [0.15, 0.2) is 5.13 Å². The van der Waals surface area contributed by atoms with Crippen LogP contribution < -0.4 is 11.1 Å². The highest BCUT2D eigenvalue weighted by Crippen LogP contribution is 2.24. The van der Waals surface area contributed by atoms with E-state index in [9.17, 15) is 4.79 Å². The molecule has 0 spiro atoms. The van der Waals surface area contributed by atoms with E-state index >= 15 is 0 Å². The number of amides is 1. The smallest absolute Gasteiger partial charge is 0.251 e. The van der Waals surface area contributed by atoms with Crippen LogP contribution in [0.25, 0.3) is 10.2 Å². The van der Waals surface area contributed by atoms with Gasteiger partial charge in [0.05, 0.1) is 10.2 Å². The third kappa shape index (κ3) is 3.00. The molecule has 2 heterocycles. The molecule has 0 fully saturated rings. The number of carbonyl (C=O) groups excluding carboxylic acids is 1. The monoisotopic (exact) mass is 298 g/mol. The maximum Gasteiger partial charge on any atom is 0.251 e. The average Bonchev–Trinajstić information content (AvgIpc) is 2.85. The van der Waals surface area contributed by atoms with Crippen LogP contribution in [0.2, 0.25) is 0 Å². The summed E-state index contributed by atoms with van der Waals surface area (Å²) in [5.74, 6) is -0.121. The predicted molar refractivity (Wildman–Crippen MR) is 84.2 cm³/mol. The number of anilines is 1. The van der Waals surface area contributed by atoms with Crippen molar-refractivity contribution in [3.05, 3.63) is 53.3 Å². The molecule has 0 atom stereocenters. The molecule has 2 aromatic heterocycles. The minimum atomic E-state index is -0.121. The third-order valence-electron chi connectivity index (χ3n) is 3.09. The van der Waals surface area contributed by atoms with Crippen molar-refractivity contribution < 1.29 is 4.79 Å². The number of aromatic nitrogens is 2. The number of thiazole rings is 1. The lowest BCUT2D eigenvalue weighted by molar-refractivity contribution is 0.0951. The van der Waals surface area contributed by atoms with Crippen molar-refractivity contribution in [3.63, 3.8) is 0 Å². The number of nitrogens with two attached hydrogens (primary N) is 1. The van der Waals surface area contributed by atoms with E-state index in [1.807, 2.05) is 31.2 Å². The molecule has 3 rings (SSSR count). The van der Waals surface area contributed by atoms with Crippen LogP contribution in [0.3, 0.4) is 0 Å². The van der Waals surface area contributed by atoms with Crippen molar-refractivity contribution in [2.75, 3.05) is 5.73 Å². The maximum absolute atomic E-state index is 12.2. The van der Waals surface area contributed by atoms with E-state index in [4.69, 9.17) is 5.73 Å². The third-order valence-corrected chi connectivity index (χ3v) is 3.94. The molecule has 0 saturated heterocycles. The summed E-state index contributed by atoms with van der Waals surface area (Å²) in [6, 6.07) is 9.25. The lowest BCUT2D eigenvalue weighted by atomic mass is 10.2. The van der Waals surface area contributed by atoms with Crippen molar-refractivity contribution >= 4 is 32.6 Å². The van der Waals surface area contributed by atoms with Gasteiger partial charge in [0, 0.05) is 24.0 Å². The molecule has 0 radical (unpaired) electrons. The molecular weight excluding hydrogens is 284 g/mol. The SMILES string of the molecule is Cc1ccc(CNC(=O)c2ccc3nc(N)sc3c2)cn1. The van der Waals surface area contributed by atoms with Gasteiger partial charge in [-0.25, -0.2) is 4.98 Å². The molecule has 1 aromatic carbocycles. The first kappa shape index (κ1) is 13.5. The van der Waals surface area contributed by atoms with E-state index < -0.39 is 0 Å². The first-order valence-electron chi connectivity index (χ1n) is 6.47. The summed E-state index contributed by atoms with van der Waals surface area (Å²) in [7, 11) is 0. The molecule has 1 amide bonds. The Morgan fingerprint density at radius 1 is 1.33 bits per heavy atom. The van der Waals surface area contributed by atoms with Crippen molar-refractivity contribution in [2.45, 2.75) is 13.5 Å². The van der Waals surface area contributed by atoms with Gasteiger partial charge in [-0.05, 0) is 36.8 Å². The fraction of sp³-hybridized carbons (Fsp3) is 0.133. The van der Waals surface area contributed by atoms with E-state index in [1.54, 1.807) is 12.3 Å². The zero-order valence-electron chi connectivity index (χ0n) is 11.5. The molecule has 0 unspecified atom stereocenters. The normalized spacial score (nSPS) is 10.7. The number of carbonyl (C=O) groups is 1. The zero-order chi connectivity index (χ0) is 14.8. The van der Waals surface area contributed by atoms with Gasteiger partial charge in [0.1, 0.15) is 0 Å². The minimum absolute atomic E-state index is 0.121. The fourth-order valence-electron chi connectivity index (χ4n) is 1.97. The van der Waals surface area contributed by atoms with Gasteiger partial charge >= 0.3 is 0 Å². The van der Waals surface area contributed by atoms with Crippen LogP contribution >= 0.6 is 11.3 Å². The molecule has 6 heteroatoms. The van der Waals surface area contributed by atoms with Gasteiger partial charge in [0.25, 0.3) is 5.91 Å². The first-order chi connectivity index (χ1) is 10.1. The van der Waals surface area contributed by atoms with E-state index in [0.717, 1.165) is 21.5 Å². The van der Waals surface area contributed by atoms with Crippen LogP contribution in [0.1, 0.15) is 21.6 Å². The number of aryl methyl sites for hydroxylation is 1. The van der Waals surface area contributed by atoms with Crippen LogP contribution in [-0.2, 0) is 6.54 Å². The summed E-state index contributed by atoms with van der Waals surface area (Å²) in [5.41, 5.74) is 9.01. The fourth-order valence-corrected chi connectivity index (χ4v) is 2.74. The Bertz CT molecular complexity index is 795. The van der Waals surface area contributed by atoms with E-state index in [1.165, 1.54) is 11.3 Å². The van der Waals surface area contributed by atoms with E-state index in [-0.39, 0.29) is 5.91 Å². The second kappa shape index (κ2) is 5.49. The van der Waals surface area contributed by atoms with Gasteiger partial charge in [-0.3, -0.25) is 9.78 Å². The molecule has 3 N–H and O–H groups in total. The first-order valence-corrected chi connectivity index (χ1v) is 7.29.